The van der Waals surface area contributed by atoms with Crippen molar-refractivity contribution in [1.82, 2.24) is 0 Å². The van der Waals surface area contributed by atoms with E-state index >= 15 is 0 Å². The fourth-order valence-electron chi connectivity index (χ4n) is 1.62. The molecule has 0 amide bonds. The molecule has 2 rings (SSSR count). The molecule has 0 aliphatic rings. The topological polar surface area (TPSA) is 20.2 Å². The molecule has 1 nitrogen and oxygen atoms in total. The Morgan fingerprint density at radius 3 is 2.06 bits per heavy atom. The third-order valence-electron chi connectivity index (χ3n) is 2.66. The Balaban J connectivity index is 2.03. The molecule has 1 N–H and O–H groups in total. The second-order valence-corrected chi connectivity index (χ2v) is 5.29. The molecule has 0 radical (unpaired) electrons. The van der Waals surface area contributed by atoms with Crippen LogP contribution in [0.15, 0.2) is 65.6 Å². The Morgan fingerprint density at radius 2 is 1.47 bits per heavy atom. The Labute approximate surface area is 107 Å². The monoisotopic (exact) mass is 244 g/mol. The van der Waals surface area contributed by atoms with Gasteiger partial charge in [-0.3, -0.25) is 0 Å². The first kappa shape index (κ1) is 12.2. The van der Waals surface area contributed by atoms with Crippen LogP contribution in [0.25, 0.3) is 0 Å². The van der Waals surface area contributed by atoms with Crippen molar-refractivity contribution in [3.05, 3.63) is 66.2 Å². The summed E-state index contributed by atoms with van der Waals surface area (Å²) in [7, 11) is 0. The number of rotatable bonds is 4. The molecule has 2 heteroatoms. The van der Waals surface area contributed by atoms with E-state index in [0.29, 0.717) is 5.75 Å². The van der Waals surface area contributed by atoms with Crippen LogP contribution in [0.2, 0.25) is 0 Å². The van der Waals surface area contributed by atoms with E-state index in [1.807, 2.05) is 55.5 Å². The van der Waals surface area contributed by atoms with Crippen LogP contribution in [-0.2, 0) is 5.60 Å². The molecule has 0 bridgehead atoms. The quantitative estimate of drug-likeness (QED) is 0.828. The van der Waals surface area contributed by atoms with Gasteiger partial charge in [-0.15, -0.1) is 11.8 Å². The van der Waals surface area contributed by atoms with E-state index < -0.39 is 5.60 Å². The van der Waals surface area contributed by atoms with Crippen molar-refractivity contribution < 1.29 is 5.11 Å². The summed E-state index contributed by atoms with van der Waals surface area (Å²) >= 11 is 1.67. The van der Waals surface area contributed by atoms with Gasteiger partial charge in [0.05, 0.1) is 5.60 Å². The van der Waals surface area contributed by atoms with Gasteiger partial charge in [-0.2, -0.15) is 0 Å². The maximum absolute atomic E-state index is 10.4. The van der Waals surface area contributed by atoms with Gasteiger partial charge in [0.25, 0.3) is 0 Å². The first-order valence-corrected chi connectivity index (χ1v) is 6.63. The van der Waals surface area contributed by atoms with Gasteiger partial charge in [-0.25, -0.2) is 0 Å². The van der Waals surface area contributed by atoms with Crippen molar-refractivity contribution in [1.29, 1.82) is 0 Å². The molecule has 0 fully saturated rings. The van der Waals surface area contributed by atoms with Gasteiger partial charge in [0, 0.05) is 10.6 Å². The van der Waals surface area contributed by atoms with Gasteiger partial charge >= 0.3 is 0 Å². The Bertz CT molecular complexity index is 451. The summed E-state index contributed by atoms with van der Waals surface area (Å²) in [4.78, 5) is 1.18. The average Bonchev–Trinajstić information content (AvgIpc) is 2.39. The van der Waals surface area contributed by atoms with E-state index in [0.717, 1.165) is 5.56 Å². The molecule has 0 heterocycles. The number of hydrogen-bond acceptors (Lipinski definition) is 2. The van der Waals surface area contributed by atoms with Crippen LogP contribution in [0.5, 0.6) is 0 Å². The zero-order valence-electron chi connectivity index (χ0n) is 9.84. The van der Waals surface area contributed by atoms with E-state index in [1.165, 1.54) is 4.90 Å². The van der Waals surface area contributed by atoms with Crippen LogP contribution in [0.1, 0.15) is 12.5 Å². The lowest BCUT2D eigenvalue weighted by Gasteiger charge is -2.23. The summed E-state index contributed by atoms with van der Waals surface area (Å²) in [5.74, 6) is 0.654. The number of aliphatic hydroxyl groups is 1. The lowest BCUT2D eigenvalue weighted by molar-refractivity contribution is 0.0839. The van der Waals surface area contributed by atoms with Crippen molar-refractivity contribution in [2.45, 2.75) is 17.4 Å². The van der Waals surface area contributed by atoms with Crippen molar-refractivity contribution in [2.24, 2.45) is 0 Å². The molecule has 1 unspecified atom stereocenters. The number of hydrogen-bond donors (Lipinski definition) is 1. The summed E-state index contributed by atoms with van der Waals surface area (Å²) in [6, 6.07) is 19.9. The third kappa shape index (κ3) is 3.35. The van der Waals surface area contributed by atoms with Gasteiger partial charge in [0.2, 0.25) is 0 Å². The van der Waals surface area contributed by atoms with Crippen LogP contribution < -0.4 is 0 Å². The standard InChI is InChI=1S/C15H16OS/c1-15(16,13-8-4-2-5-9-13)12-17-14-10-6-3-7-11-14/h2-11,16H,12H2,1H3. The Kier molecular flexibility index (Phi) is 3.87. The summed E-state index contributed by atoms with van der Waals surface area (Å²) in [6.45, 7) is 1.86. The third-order valence-corrected chi connectivity index (χ3v) is 3.97. The van der Waals surface area contributed by atoms with Crippen LogP contribution in [0.3, 0.4) is 0 Å². The molecule has 0 aliphatic carbocycles. The zero-order chi connectivity index (χ0) is 12.1. The first-order valence-electron chi connectivity index (χ1n) is 5.64. The molecule has 2 aromatic rings. The summed E-state index contributed by atoms with van der Waals surface area (Å²) < 4.78 is 0. The fraction of sp³-hybridized carbons (Fsp3) is 0.200. The molecular formula is C15H16OS. The van der Waals surface area contributed by atoms with E-state index in [2.05, 4.69) is 12.1 Å². The minimum absolute atomic E-state index is 0.654. The normalized spacial score (nSPS) is 14.2. The molecule has 2 aromatic carbocycles. The first-order chi connectivity index (χ1) is 8.18. The predicted octanol–water partition coefficient (Wildman–Crippen LogP) is 3.69. The molecule has 1 atom stereocenters. The lowest BCUT2D eigenvalue weighted by Crippen LogP contribution is -2.24. The molecular weight excluding hydrogens is 228 g/mol. The van der Waals surface area contributed by atoms with Gasteiger partial charge < -0.3 is 5.11 Å². The summed E-state index contributed by atoms with van der Waals surface area (Å²) in [5, 5.41) is 10.4. The average molecular weight is 244 g/mol. The minimum atomic E-state index is -0.790. The predicted molar refractivity (Wildman–Crippen MR) is 73.2 cm³/mol. The van der Waals surface area contributed by atoms with Crippen molar-refractivity contribution in [2.75, 3.05) is 5.75 Å². The highest BCUT2D eigenvalue weighted by Gasteiger charge is 2.22. The Morgan fingerprint density at radius 1 is 0.941 bits per heavy atom. The molecule has 0 saturated carbocycles. The largest absolute Gasteiger partial charge is 0.385 e. The molecule has 0 spiro atoms. The summed E-state index contributed by atoms with van der Waals surface area (Å²) in [6.07, 6.45) is 0. The zero-order valence-corrected chi connectivity index (χ0v) is 10.7. The van der Waals surface area contributed by atoms with E-state index in [4.69, 9.17) is 0 Å². The number of benzene rings is 2. The maximum atomic E-state index is 10.4. The molecule has 0 aromatic heterocycles. The minimum Gasteiger partial charge on any atom is -0.385 e. The maximum Gasteiger partial charge on any atom is 0.0962 e. The highest BCUT2D eigenvalue weighted by Crippen LogP contribution is 2.28. The van der Waals surface area contributed by atoms with E-state index in [1.54, 1.807) is 11.8 Å². The van der Waals surface area contributed by atoms with Crippen molar-refractivity contribution in [3.8, 4) is 0 Å². The van der Waals surface area contributed by atoms with Gasteiger partial charge in [-0.05, 0) is 24.6 Å². The smallest absolute Gasteiger partial charge is 0.0962 e. The van der Waals surface area contributed by atoms with E-state index in [9.17, 15) is 5.11 Å². The van der Waals surface area contributed by atoms with Crippen LogP contribution in [0.4, 0.5) is 0 Å². The molecule has 88 valence electrons. The van der Waals surface area contributed by atoms with E-state index in [-0.39, 0.29) is 0 Å². The summed E-state index contributed by atoms with van der Waals surface area (Å²) in [5.41, 5.74) is 0.172. The van der Waals surface area contributed by atoms with Crippen LogP contribution >= 0.6 is 11.8 Å². The highest BCUT2D eigenvalue weighted by atomic mass is 32.2. The van der Waals surface area contributed by atoms with Gasteiger partial charge in [0.15, 0.2) is 0 Å². The Hall–Kier alpha value is -1.25. The molecule has 0 aliphatic heterocycles. The second kappa shape index (κ2) is 5.39. The SMILES string of the molecule is CC(O)(CSc1ccccc1)c1ccccc1. The molecule has 17 heavy (non-hydrogen) atoms. The fourth-order valence-corrected chi connectivity index (χ4v) is 2.59. The van der Waals surface area contributed by atoms with Crippen molar-refractivity contribution >= 4 is 11.8 Å². The van der Waals surface area contributed by atoms with Gasteiger partial charge in [0.1, 0.15) is 0 Å². The lowest BCUT2D eigenvalue weighted by atomic mass is 9.99. The van der Waals surface area contributed by atoms with Gasteiger partial charge in [-0.1, -0.05) is 48.5 Å². The van der Waals surface area contributed by atoms with Crippen LogP contribution in [-0.4, -0.2) is 10.9 Å². The van der Waals surface area contributed by atoms with Crippen LogP contribution in [0, 0.1) is 0 Å². The molecule has 0 saturated heterocycles. The second-order valence-electron chi connectivity index (χ2n) is 4.24. The number of thioether (sulfide) groups is 1. The van der Waals surface area contributed by atoms with Crippen molar-refractivity contribution in [3.63, 3.8) is 0 Å². The highest BCUT2D eigenvalue weighted by molar-refractivity contribution is 7.99.